The van der Waals surface area contributed by atoms with Crippen LogP contribution in [0, 0.1) is 5.41 Å². The molecule has 3 heterocycles. The lowest BCUT2D eigenvalue weighted by atomic mass is 9.78. The summed E-state index contributed by atoms with van der Waals surface area (Å²) in [6.07, 6.45) is 6.38. The molecule has 0 atom stereocenters. The highest BCUT2D eigenvalue weighted by Gasteiger charge is 2.41. The van der Waals surface area contributed by atoms with Gasteiger partial charge in [0.15, 0.2) is 0 Å². The van der Waals surface area contributed by atoms with E-state index in [9.17, 15) is 4.79 Å². The van der Waals surface area contributed by atoms with Gasteiger partial charge in [-0.25, -0.2) is 15.4 Å². The molecule has 7 rings (SSSR count). The second kappa shape index (κ2) is 9.66. The van der Waals surface area contributed by atoms with Crippen LogP contribution >= 0.6 is 12.4 Å². The Bertz CT molecular complexity index is 1600. The third-order valence-electron chi connectivity index (χ3n) is 8.64. The summed E-state index contributed by atoms with van der Waals surface area (Å²) < 4.78 is 0. The third-order valence-corrected chi connectivity index (χ3v) is 8.64. The maximum Gasteiger partial charge on any atom is 0.277 e. The van der Waals surface area contributed by atoms with Crippen LogP contribution < -0.4 is 10.4 Å². The minimum Gasteiger partial charge on any atom is -0.341 e. The van der Waals surface area contributed by atoms with Gasteiger partial charge in [-0.15, -0.1) is 12.4 Å². The van der Waals surface area contributed by atoms with Crippen molar-refractivity contribution < 1.29 is 10.0 Å². The SMILES string of the molecule is Cl.O=C(NO)c1cnc(N2CCC3(CCN(Cc4ccc5ccc6cccc7ccc4c5c67)C3)CC2)nc1. The Balaban J connectivity index is 0.00000264. The zero-order chi connectivity index (χ0) is 25.0. The van der Waals surface area contributed by atoms with Crippen LogP contribution in [0.2, 0.25) is 0 Å². The first-order valence-electron chi connectivity index (χ1n) is 13.0. The molecular weight excluding hydrogens is 498 g/mol. The molecule has 0 unspecified atom stereocenters. The predicted molar refractivity (Wildman–Crippen MR) is 152 cm³/mol. The first-order valence-corrected chi connectivity index (χ1v) is 13.0. The Morgan fingerprint density at radius 2 is 1.50 bits per heavy atom. The number of piperidine rings is 1. The number of carbonyl (C=O) groups is 1. The number of halogens is 1. The molecule has 7 nitrogen and oxygen atoms in total. The van der Waals surface area contributed by atoms with Crippen molar-refractivity contribution in [2.75, 3.05) is 31.1 Å². The van der Waals surface area contributed by atoms with Crippen LogP contribution in [0.25, 0.3) is 32.3 Å². The molecule has 2 aliphatic rings. The van der Waals surface area contributed by atoms with E-state index in [1.54, 1.807) is 5.48 Å². The van der Waals surface area contributed by atoms with Crippen LogP contribution in [0.3, 0.4) is 0 Å². The van der Waals surface area contributed by atoms with Gasteiger partial charge in [-0.3, -0.25) is 14.9 Å². The van der Waals surface area contributed by atoms with E-state index < -0.39 is 5.91 Å². The summed E-state index contributed by atoms with van der Waals surface area (Å²) in [5.41, 5.74) is 3.63. The lowest BCUT2D eigenvalue weighted by molar-refractivity contribution is 0.0705. The molecule has 0 aliphatic carbocycles. The highest BCUT2D eigenvalue weighted by Crippen LogP contribution is 2.42. The number of amides is 1. The van der Waals surface area contributed by atoms with Gasteiger partial charge in [0.05, 0.1) is 5.56 Å². The molecule has 38 heavy (non-hydrogen) atoms. The Kier molecular flexibility index (Phi) is 6.30. The molecule has 0 radical (unpaired) electrons. The number of rotatable bonds is 4. The van der Waals surface area contributed by atoms with Crippen molar-refractivity contribution in [3.63, 3.8) is 0 Å². The van der Waals surface area contributed by atoms with E-state index in [0.29, 0.717) is 11.4 Å². The molecule has 2 N–H and O–H groups in total. The topological polar surface area (TPSA) is 81.6 Å². The second-order valence-electron chi connectivity index (χ2n) is 10.7. The summed E-state index contributed by atoms with van der Waals surface area (Å²) in [6, 6.07) is 20.3. The number of nitrogens with one attached hydrogen (secondary N) is 1. The number of hydrogen-bond donors (Lipinski definition) is 2. The van der Waals surface area contributed by atoms with Gasteiger partial charge >= 0.3 is 0 Å². The van der Waals surface area contributed by atoms with Crippen LogP contribution in [-0.2, 0) is 6.54 Å². The third kappa shape index (κ3) is 4.11. The first kappa shape index (κ1) is 24.8. The molecular formula is C30H30ClN5O2. The van der Waals surface area contributed by atoms with Gasteiger partial charge in [-0.1, -0.05) is 54.6 Å². The van der Waals surface area contributed by atoms with E-state index >= 15 is 0 Å². The molecule has 5 aromatic rings. The smallest absolute Gasteiger partial charge is 0.277 e. The molecule has 1 spiro atoms. The largest absolute Gasteiger partial charge is 0.341 e. The number of hydroxylamine groups is 1. The van der Waals surface area contributed by atoms with Crippen molar-refractivity contribution in [3.8, 4) is 0 Å². The highest BCUT2D eigenvalue weighted by molar-refractivity contribution is 6.23. The number of carbonyl (C=O) groups excluding carboxylic acids is 1. The van der Waals surface area contributed by atoms with Crippen molar-refractivity contribution in [1.29, 1.82) is 0 Å². The van der Waals surface area contributed by atoms with Gasteiger partial charge in [-0.2, -0.15) is 0 Å². The average Bonchev–Trinajstić information content (AvgIpc) is 3.34. The van der Waals surface area contributed by atoms with E-state index in [-0.39, 0.29) is 18.0 Å². The summed E-state index contributed by atoms with van der Waals surface area (Å²) >= 11 is 0. The van der Waals surface area contributed by atoms with Crippen molar-refractivity contribution >= 4 is 56.6 Å². The normalized spacial score (nSPS) is 17.4. The first-order chi connectivity index (χ1) is 18.1. The molecule has 2 aliphatic heterocycles. The number of aromatic nitrogens is 2. The number of hydrogen-bond acceptors (Lipinski definition) is 6. The Hall–Kier alpha value is -3.52. The molecule has 2 saturated heterocycles. The van der Waals surface area contributed by atoms with Crippen LogP contribution in [0.5, 0.6) is 0 Å². The van der Waals surface area contributed by atoms with Crippen molar-refractivity contribution in [1.82, 2.24) is 20.3 Å². The second-order valence-corrected chi connectivity index (χ2v) is 10.7. The molecule has 4 aromatic carbocycles. The zero-order valence-corrected chi connectivity index (χ0v) is 21.9. The summed E-state index contributed by atoms with van der Waals surface area (Å²) in [5, 5.41) is 16.9. The number of benzene rings is 4. The fourth-order valence-electron chi connectivity index (χ4n) is 6.59. The van der Waals surface area contributed by atoms with Gasteiger partial charge in [0.2, 0.25) is 5.95 Å². The van der Waals surface area contributed by atoms with E-state index in [0.717, 1.165) is 45.6 Å². The average molecular weight is 528 g/mol. The van der Waals surface area contributed by atoms with Gasteiger partial charge in [0.25, 0.3) is 5.91 Å². The Morgan fingerprint density at radius 3 is 2.21 bits per heavy atom. The van der Waals surface area contributed by atoms with Crippen molar-refractivity contribution in [2.24, 2.45) is 5.41 Å². The van der Waals surface area contributed by atoms with Gasteiger partial charge in [-0.05, 0) is 69.1 Å². The minimum atomic E-state index is -0.597. The molecule has 1 aromatic heterocycles. The Labute approximate surface area is 227 Å². The van der Waals surface area contributed by atoms with E-state index in [1.807, 2.05) is 0 Å². The quantitative estimate of drug-likeness (QED) is 0.185. The van der Waals surface area contributed by atoms with Crippen LogP contribution in [0.4, 0.5) is 5.95 Å². The van der Waals surface area contributed by atoms with E-state index in [4.69, 9.17) is 5.21 Å². The number of likely N-dealkylation sites (tertiary alicyclic amines) is 1. The standard InChI is InChI=1S/C30H29N5O2.ClH/c36-28(33-37)24-16-31-29(32-17-24)35-14-11-30(12-15-35)10-13-34(19-30)18-23-7-6-22-5-4-20-2-1-3-21-8-9-25(23)27(22)26(20)21;/h1-9,16-17,37H,10-15,18-19H2,(H,33,36);1H. The fraction of sp³-hybridized carbons (Fsp3) is 0.300. The monoisotopic (exact) mass is 527 g/mol. The van der Waals surface area contributed by atoms with Gasteiger partial charge in [0, 0.05) is 38.6 Å². The fourth-order valence-corrected chi connectivity index (χ4v) is 6.59. The predicted octanol–water partition coefficient (Wildman–Crippen LogP) is 5.41. The number of nitrogens with zero attached hydrogens (tertiary/aromatic N) is 4. The van der Waals surface area contributed by atoms with Crippen LogP contribution in [0.15, 0.2) is 67.0 Å². The maximum absolute atomic E-state index is 11.5. The maximum atomic E-state index is 11.5. The highest BCUT2D eigenvalue weighted by atomic mass is 35.5. The Morgan fingerprint density at radius 1 is 0.868 bits per heavy atom. The lowest BCUT2D eigenvalue weighted by Gasteiger charge is -2.39. The molecule has 194 valence electrons. The molecule has 0 bridgehead atoms. The summed E-state index contributed by atoms with van der Waals surface area (Å²) in [7, 11) is 0. The molecule has 1 amide bonds. The van der Waals surface area contributed by atoms with Crippen molar-refractivity contribution in [3.05, 3.63) is 78.1 Å². The van der Waals surface area contributed by atoms with E-state index in [2.05, 4.69) is 74.4 Å². The van der Waals surface area contributed by atoms with Crippen molar-refractivity contribution in [2.45, 2.75) is 25.8 Å². The summed E-state index contributed by atoms with van der Waals surface area (Å²) in [4.78, 5) is 25.1. The van der Waals surface area contributed by atoms with E-state index in [1.165, 1.54) is 56.7 Å². The lowest BCUT2D eigenvalue weighted by Crippen LogP contribution is -2.42. The molecule has 8 heteroatoms. The zero-order valence-electron chi connectivity index (χ0n) is 21.1. The summed E-state index contributed by atoms with van der Waals surface area (Å²) in [6.45, 7) is 5.07. The summed E-state index contributed by atoms with van der Waals surface area (Å²) in [5.74, 6) is 0.0488. The molecule has 0 saturated carbocycles. The van der Waals surface area contributed by atoms with Gasteiger partial charge in [0.1, 0.15) is 0 Å². The van der Waals surface area contributed by atoms with Crippen LogP contribution in [-0.4, -0.2) is 52.2 Å². The molecule has 2 fully saturated rings. The minimum absolute atomic E-state index is 0. The van der Waals surface area contributed by atoms with Crippen LogP contribution in [0.1, 0.15) is 35.2 Å². The number of anilines is 1. The van der Waals surface area contributed by atoms with Gasteiger partial charge < -0.3 is 4.90 Å².